The average molecular weight is 413 g/mol. The molecule has 1 aromatic rings. The molecule has 0 unspecified atom stereocenters. The summed E-state index contributed by atoms with van der Waals surface area (Å²) in [7, 11) is 0. The van der Waals surface area contributed by atoms with Crippen molar-refractivity contribution in [1.82, 2.24) is 0 Å². The molecule has 0 aliphatic heterocycles. The lowest BCUT2D eigenvalue weighted by molar-refractivity contribution is -0.138. The Kier molecular flexibility index (Phi) is 17.9. The highest BCUT2D eigenvalue weighted by Gasteiger charge is 2.00. The first-order valence-electron chi connectivity index (χ1n) is 12.3. The van der Waals surface area contributed by atoms with Crippen LogP contribution in [0.1, 0.15) is 115 Å². The van der Waals surface area contributed by atoms with Gasteiger partial charge in [0.15, 0.2) is 0 Å². The van der Waals surface area contributed by atoms with E-state index in [0.717, 1.165) is 12.8 Å². The summed E-state index contributed by atoms with van der Waals surface area (Å²) < 4.78 is 4.71. The van der Waals surface area contributed by atoms with E-state index in [1.165, 1.54) is 102 Å². The first-order chi connectivity index (χ1) is 14.8. The zero-order chi connectivity index (χ0) is 21.5. The van der Waals surface area contributed by atoms with Crippen LogP contribution < -0.4 is 0 Å². The Hall–Kier alpha value is -1.83. The van der Waals surface area contributed by atoms with Crippen molar-refractivity contribution in [3.63, 3.8) is 0 Å². The number of esters is 1. The minimum atomic E-state index is -0.152. The second-order valence-electron chi connectivity index (χ2n) is 8.31. The predicted molar refractivity (Wildman–Crippen MR) is 130 cm³/mol. The molecule has 0 N–H and O–H groups in total. The molecule has 0 heterocycles. The number of hydrogen-bond acceptors (Lipinski definition) is 2. The summed E-state index contributed by atoms with van der Waals surface area (Å²) in [6, 6.07) is 10.6. The SMILES string of the molecule is C=COC(=O)CCCCCCCCCCCCCCCCCC=Cc1ccccc1. The summed E-state index contributed by atoms with van der Waals surface area (Å²) in [6.07, 6.45) is 27.3. The molecule has 0 atom stereocenters. The Labute approximate surface area is 185 Å². The highest BCUT2D eigenvalue weighted by Crippen LogP contribution is 2.14. The number of hydrogen-bond donors (Lipinski definition) is 0. The molecule has 30 heavy (non-hydrogen) atoms. The monoisotopic (exact) mass is 412 g/mol. The Morgan fingerprint density at radius 3 is 1.67 bits per heavy atom. The molecule has 1 aromatic carbocycles. The third kappa shape index (κ3) is 17.1. The van der Waals surface area contributed by atoms with Crippen LogP contribution in [0.15, 0.2) is 49.2 Å². The lowest BCUT2D eigenvalue weighted by atomic mass is 10.0. The van der Waals surface area contributed by atoms with Crippen LogP contribution in [0.3, 0.4) is 0 Å². The van der Waals surface area contributed by atoms with Gasteiger partial charge in [-0.05, 0) is 24.8 Å². The van der Waals surface area contributed by atoms with Crippen LogP contribution in [0.5, 0.6) is 0 Å². The Morgan fingerprint density at radius 2 is 1.17 bits per heavy atom. The van der Waals surface area contributed by atoms with Gasteiger partial charge in [0, 0.05) is 6.42 Å². The number of carbonyl (C=O) groups excluding carboxylic acids is 1. The first kappa shape index (κ1) is 26.2. The molecule has 0 bridgehead atoms. The van der Waals surface area contributed by atoms with E-state index < -0.39 is 0 Å². The fourth-order valence-electron chi connectivity index (χ4n) is 3.77. The summed E-state index contributed by atoms with van der Waals surface area (Å²) >= 11 is 0. The van der Waals surface area contributed by atoms with Gasteiger partial charge in [0.2, 0.25) is 0 Å². The molecule has 0 aliphatic carbocycles. The van der Waals surface area contributed by atoms with Crippen LogP contribution >= 0.6 is 0 Å². The smallest absolute Gasteiger partial charge is 0.310 e. The van der Waals surface area contributed by atoms with Crippen LogP contribution in [0, 0.1) is 0 Å². The molecule has 0 aromatic heterocycles. The Morgan fingerprint density at radius 1 is 0.700 bits per heavy atom. The molecule has 168 valence electrons. The molecule has 0 radical (unpaired) electrons. The molecular formula is C28H44O2. The van der Waals surface area contributed by atoms with Crippen molar-refractivity contribution in [3.05, 3.63) is 54.8 Å². The molecule has 0 amide bonds. The molecule has 0 spiro atoms. The van der Waals surface area contributed by atoms with E-state index in [1.807, 2.05) is 0 Å². The standard InChI is InChI=1S/C28H44O2/c1-2-30-28(29)26-22-17-15-13-11-9-7-5-3-4-6-8-10-12-14-16-19-23-27-24-20-18-21-25-27/h2,18-21,23-25H,1,3-17,22,26H2. The molecule has 0 saturated carbocycles. The van der Waals surface area contributed by atoms with Gasteiger partial charge in [-0.25, -0.2) is 0 Å². The molecule has 0 aliphatic rings. The van der Waals surface area contributed by atoms with Gasteiger partial charge in [0.25, 0.3) is 0 Å². The second-order valence-corrected chi connectivity index (χ2v) is 8.31. The third-order valence-electron chi connectivity index (χ3n) is 5.58. The van der Waals surface area contributed by atoms with Crippen molar-refractivity contribution in [2.24, 2.45) is 0 Å². The number of unbranched alkanes of at least 4 members (excludes halogenated alkanes) is 15. The zero-order valence-corrected chi connectivity index (χ0v) is 19.2. The molecule has 2 nitrogen and oxygen atoms in total. The maximum atomic E-state index is 11.2. The van der Waals surface area contributed by atoms with Gasteiger partial charge >= 0.3 is 5.97 Å². The zero-order valence-electron chi connectivity index (χ0n) is 19.2. The van der Waals surface area contributed by atoms with Gasteiger partial charge < -0.3 is 4.74 Å². The van der Waals surface area contributed by atoms with Crippen molar-refractivity contribution in [1.29, 1.82) is 0 Å². The van der Waals surface area contributed by atoms with Crippen LogP contribution in [-0.4, -0.2) is 5.97 Å². The fourth-order valence-corrected chi connectivity index (χ4v) is 3.77. The Balaban J connectivity index is 1.72. The van der Waals surface area contributed by atoms with Crippen LogP contribution in [0.4, 0.5) is 0 Å². The lowest BCUT2D eigenvalue weighted by Crippen LogP contribution is -1.98. The predicted octanol–water partition coefficient (Wildman–Crippen LogP) is 9.02. The highest BCUT2D eigenvalue weighted by molar-refractivity contribution is 5.69. The van der Waals surface area contributed by atoms with Gasteiger partial charge in [0.1, 0.15) is 0 Å². The van der Waals surface area contributed by atoms with Gasteiger partial charge in [-0.2, -0.15) is 0 Å². The lowest BCUT2D eigenvalue weighted by Gasteiger charge is -2.03. The van der Waals surface area contributed by atoms with Gasteiger partial charge in [0.05, 0.1) is 6.26 Å². The second kappa shape index (κ2) is 20.4. The summed E-state index contributed by atoms with van der Waals surface area (Å²) in [5.74, 6) is -0.152. The van der Waals surface area contributed by atoms with E-state index in [0.29, 0.717) is 6.42 Å². The minimum absolute atomic E-state index is 0.152. The normalized spacial score (nSPS) is 11.1. The van der Waals surface area contributed by atoms with E-state index in [-0.39, 0.29) is 5.97 Å². The summed E-state index contributed by atoms with van der Waals surface area (Å²) in [4.78, 5) is 11.2. The van der Waals surface area contributed by atoms with E-state index in [9.17, 15) is 4.79 Å². The van der Waals surface area contributed by atoms with Gasteiger partial charge in [-0.15, -0.1) is 0 Å². The highest BCUT2D eigenvalue weighted by atomic mass is 16.5. The van der Waals surface area contributed by atoms with Crippen molar-refractivity contribution < 1.29 is 9.53 Å². The van der Waals surface area contributed by atoms with Crippen molar-refractivity contribution >= 4 is 12.0 Å². The van der Waals surface area contributed by atoms with E-state index >= 15 is 0 Å². The van der Waals surface area contributed by atoms with Crippen molar-refractivity contribution in [3.8, 4) is 0 Å². The molecule has 1 rings (SSSR count). The quantitative estimate of drug-likeness (QED) is 0.121. The van der Waals surface area contributed by atoms with Crippen LogP contribution in [0.25, 0.3) is 6.08 Å². The maximum Gasteiger partial charge on any atom is 0.310 e. The molecular weight excluding hydrogens is 368 g/mol. The number of rotatable bonds is 20. The number of carbonyl (C=O) groups is 1. The largest absolute Gasteiger partial charge is 0.435 e. The summed E-state index contributed by atoms with van der Waals surface area (Å²) in [5, 5.41) is 0. The van der Waals surface area contributed by atoms with Gasteiger partial charge in [-0.3, -0.25) is 4.79 Å². The molecule has 0 saturated heterocycles. The minimum Gasteiger partial charge on any atom is -0.435 e. The van der Waals surface area contributed by atoms with Gasteiger partial charge in [-0.1, -0.05) is 133 Å². The van der Waals surface area contributed by atoms with Crippen molar-refractivity contribution in [2.45, 2.75) is 109 Å². The van der Waals surface area contributed by atoms with Crippen LogP contribution in [0.2, 0.25) is 0 Å². The fraction of sp³-hybridized carbons (Fsp3) is 0.607. The van der Waals surface area contributed by atoms with E-state index in [1.54, 1.807) is 0 Å². The topological polar surface area (TPSA) is 26.3 Å². The third-order valence-corrected chi connectivity index (χ3v) is 5.58. The number of allylic oxidation sites excluding steroid dienone is 1. The van der Waals surface area contributed by atoms with E-state index in [4.69, 9.17) is 4.74 Å². The molecule has 2 heteroatoms. The van der Waals surface area contributed by atoms with Crippen molar-refractivity contribution in [2.75, 3.05) is 0 Å². The number of ether oxygens (including phenoxy) is 1. The summed E-state index contributed by atoms with van der Waals surface area (Å²) in [6.45, 7) is 3.39. The average Bonchev–Trinajstić information content (AvgIpc) is 2.76. The first-order valence-corrected chi connectivity index (χ1v) is 12.3. The van der Waals surface area contributed by atoms with E-state index in [2.05, 4.69) is 49.1 Å². The summed E-state index contributed by atoms with van der Waals surface area (Å²) in [5.41, 5.74) is 1.31. The molecule has 0 fully saturated rings. The maximum absolute atomic E-state index is 11.2. The van der Waals surface area contributed by atoms with Crippen LogP contribution in [-0.2, 0) is 9.53 Å². The Bertz CT molecular complexity index is 547. The number of benzene rings is 1.